The summed E-state index contributed by atoms with van der Waals surface area (Å²) in [5, 5.41) is 11.8. The predicted octanol–water partition coefficient (Wildman–Crippen LogP) is 0.610. The van der Waals surface area contributed by atoms with Crippen molar-refractivity contribution in [3.05, 3.63) is 29.6 Å². The van der Waals surface area contributed by atoms with E-state index >= 15 is 0 Å². The summed E-state index contributed by atoms with van der Waals surface area (Å²) in [6.07, 6.45) is 0.612. The normalized spacial score (nSPS) is 10.0. The zero-order valence-electron chi connectivity index (χ0n) is 8.16. The predicted molar refractivity (Wildman–Crippen MR) is 54.1 cm³/mol. The molecule has 0 aliphatic carbocycles. The Morgan fingerprint density at radius 3 is 2.87 bits per heavy atom. The molecule has 0 aromatic heterocycles. The molecule has 0 saturated carbocycles. The van der Waals surface area contributed by atoms with Gasteiger partial charge >= 0.3 is 0 Å². The van der Waals surface area contributed by atoms with Gasteiger partial charge in [-0.2, -0.15) is 0 Å². The van der Waals surface area contributed by atoms with E-state index in [9.17, 15) is 14.3 Å². The Labute approximate surface area is 86.9 Å². The van der Waals surface area contributed by atoms with Crippen LogP contribution < -0.4 is 11.1 Å². The van der Waals surface area contributed by atoms with Crippen molar-refractivity contribution in [3.63, 3.8) is 0 Å². The van der Waals surface area contributed by atoms with Crippen molar-refractivity contribution in [2.75, 3.05) is 13.1 Å². The van der Waals surface area contributed by atoms with Crippen LogP contribution in [0.2, 0.25) is 0 Å². The molecule has 0 saturated heterocycles. The van der Waals surface area contributed by atoms with Crippen molar-refractivity contribution in [2.45, 2.75) is 6.42 Å². The Bertz CT molecular complexity index is 335. The molecule has 0 radical (unpaired) electrons. The second kappa shape index (κ2) is 5.31. The molecule has 0 heterocycles. The average molecular weight is 212 g/mol. The number of nitrogens with two attached hydrogens (primary N) is 1. The number of hydrogen-bond donors (Lipinski definition) is 3. The Morgan fingerprint density at radius 1 is 1.53 bits per heavy atom. The van der Waals surface area contributed by atoms with Crippen LogP contribution in [0.25, 0.3) is 0 Å². The summed E-state index contributed by atoms with van der Waals surface area (Å²) in [6, 6.07) is 3.72. The highest BCUT2D eigenvalue weighted by Gasteiger charge is 2.15. The molecule has 15 heavy (non-hydrogen) atoms. The third kappa shape index (κ3) is 2.92. The standard InChI is InChI=1S/C10H13FN2O2/c11-7-3-1-4-8(14)9(7)10(15)13-6-2-5-12/h1,3-4,14H,2,5-6,12H2,(H,13,15). The number of phenols is 1. The van der Waals surface area contributed by atoms with Crippen LogP contribution in [0.4, 0.5) is 4.39 Å². The van der Waals surface area contributed by atoms with Gasteiger partial charge in [0, 0.05) is 6.54 Å². The lowest BCUT2D eigenvalue weighted by Gasteiger charge is -2.06. The summed E-state index contributed by atoms with van der Waals surface area (Å²) < 4.78 is 13.2. The number of aromatic hydroxyl groups is 1. The minimum absolute atomic E-state index is 0.325. The van der Waals surface area contributed by atoms with Crippen LogP contribution in [0.5, 0.6) is 5.75 Å². The molecule has 0 aliphatic rings. The number of rotatable bonds is 4. The number of benzene rings is 1. The third-order valence-electron chi connectivity index (χ3n) is 1.89. The summed E-state index contributed by atoms with van der Waals surface area (Å²) in [5.74, 6) is -1.72. The van der Waals surface area contributed by atoms with Crippen LogP contribution in [-0.4, -0.2) is 24.1 Å². The van der Waals surface area contributed by atoms with Gasteiger partial charge in [-0.25, -0.2) is 4.39 Å². The van der Waals surface area contributed by atoms with E-state index in [0.717, 1.165) is 6.07 Å². The number of hydrogen-bond acceptors (Lipinski definition) is 3. The molecule has 4 N–H and O–H groups in total. The average Bonchev–Trinajstić information content (AvgIpc) is 2.18. The first-order chi connectivity index (χ1) is 7.16. The Kier molecular flexibility index (Phi) is 4.05. The molecule has 1 rings (SSSR count). The van der Waals surface area contributed by atoms with Gasteiger partial charge in [0.25, 0.3) is 5.91 Å². The zero-order chi connectivity index (χ0) is 11.3. The van der Waals surface area contributed by atoms with E-state index in [4.69, 9.17) is 5.73 Å². The van der Waals surface area contributed by atoms with Crippen molar-refractivity contribution >= 4 is 5.91 Å². The quantitative estimate of drug-likeness (QED) is 0.640. The van der Waals surface area contributed by atoms with Crippen molar-refractivity contribution in [2.24, 2.45) is 5.73 Å². The molecule has 1 aromatic carbocycles. The second-order valence-corrected chi connectivity index (χ2v) is 3.03. The first kappa shape index (κ1) is 11.5. The van der Waals surface area contributed by atoms with Crippen LogP contribution >= 0.6 is 0 Å². The maximum absolute atomic E-state index is 13.2. The molecule has 0 spiro atoms. The molecule has 1 aromatic rings. The summed E-state index contributed by atoms with van der Waals surface area (Å²) in [5.41, 5.74) is 4.91. The Morgan fingerprint density at radius 2 is 2.27 bits per heavy atom. The van der Waals surface area contributed by atoms with Crippen molar-refractivity contribution in [3.8, 4) is 5.75 Å². The van der Waals surface area contributed by atoms with Gasteiger partial charge in [-0.05, 0) is 25.1 Å². The van der Waals surface area contributed by atoms with Crippen molar-refractivity contribution in [1.82, 2.24) is 5.32 Å². The van der Waals surface area contributed by atoms with Gasteiger partial charge in [0.05, 0.1) is 0 Å². The van der Waals surface area contributed by atoms with Gasteiger partial charge in [0.2, 0.25) is 0 Å². The van der Waals surface area contributed by atoms with E-state index in [2.05, 4.69) is 5.32 Å². The van der Waals surface area contributed by atoms with E-state index in [0.29, 0.717) is 19.5 Å². The fraction of sp³-hybridized carbons (Fsp3) is 0.300. The SMILES string of the molecule is NCCCNC(=O)c1c(O)cccc1F. The number of phenolic OH excluding ortho intramolecular Hbond substituents is 1. The largest absolute Gasteiger partial charge is 0.507 e. The first-order valence-electron chi connectivity index (χ1n) is 4.62. The van der Waals surface area contributed by atoms with E-state index in [-0.39, 0.29) is 11.3 Å². The van der Waals surface area contributed by atoms with E-state index < -0.39 is 11.7 Å². The lowest BCUT2D eigenvalue weighted by atomic mass is 10.1. The topological polar surface area (TPSA) is 75.3 Å². The number of halogens is 1. The number of nitrogens with one attached hydrogen (secondary N) is 1. The Balaban J connectivity index is 2.73. The lowest BCUT2D eigenvalue weighted by molar-refractivity contribution is 0.0946. The molecular weight excluding hydrogens is 199 g/mol. The summed E-state index contributed by atoms with van der Waals surface area (Å²) in [6.45, 7) is 0.812. The fourth-order valence-corrected chi connectivity index (χ4v) is 1.13. The van der Waals surface area contributed by atoms with Gasteiger partial charge in [-0.3, -0.25) is 4.79 Å². The molecule has 0 aliphatic heterocycles. The molecule has 0 atom stereocenters. The highest BCUT2D eigenvalue weighted by molar-refractivity contribution is 5.97. The summed E-state index contributed by atoms with van der Waals surface area (Å²) in [4.78, 5) is 11.4. The molecular formula is C10H13FN2O2. The summed E-state index contributed by atoms with van der Waals surface area (Å²) >= 11 is 0. The lowest BCUT2D eigenvalue weighted by Crippen LogP contribution is -2.26. The molecule has 0 fully saturated rings. The smallest absolute Gasteiger partial charge is 0.258 e. The fourth-order valence-electron chi connectivity index (χ4n) is 1.13. The zero-order valence-corrected chi connectivity index (χ0v) is 8.16. The van der Waals surface area contributed by atoms with Crippen molar-refractivity contribution < 1.29 is 14.3 Å². The van der Waals surface area contributed by atoms with Crippen LogP contribution in [0.15, 0.2) is 18.2 Å². The Hall–Kier alpha value is -1.62. The third-order valence-corrected chi connectivity index (χ3v) is 1.89. The maximum Gasteiger partial charge on any atom is 0.258 e. The van der Waals surface area contributed by atoms with Crippen LogP contribution in [-0.2, 0) is 0 Å². The number of amides is 1. The van der Waals surface area contributed by atoms with E-state index in [1.807, 2.05) is 0 Å². The maximum atomic E-state index is 13.2. The van der Waals surface area contributed by atoms with Gasteiger partial charge < -0.3 is 16.2 Å². The number of carbonyl (C=O) groups excluding carboxylic acids is 1. The minimum atomic E-state index is -0.736. The highest BCUT2D eigenvalue weighted by Crippen LogP contribution is 2.19. The molecule has 0 unspecified atom stereocenters. The van der Waals surface area contributed by atoms with Gasteiger partial charge in [0.15, 0.2) is 0 Å². The van der Waals surface area contributed by atoms with Crippen LogP contribution in [0, 0.1) is 5.82 Å². The highest BCUT2D eigenvalue weighted by atomic mass is 19.1. The number of carbonyl (C=O) groups is 1. The molecule has 4 nitrogen and oxygen atoms in total. The van der Waals surface area contributed by atoms with Crippen LogP contribution in [0.1, 0.15) is 16.8 Å². The molecule has 1 amide bonds. The first-order valence-corrected chi connectivity index (χ1v) is 4.62. The van der Waals surface area contributed by atoms with Gasteiger partial charge in [0.1, 0.15) is 17.1 Å². The van der Waals surface area contributed by atoms with Crippen molar-refractivity contribution in [1.29, 1.82) is 0 Å². The van der Waals surface area contributed by atoms with E-state index in [1.54, 1.807) is 0 Å². The molecule has 5 heteroatoms. The van der Waals surface area contributed by atoms with Gasteiger partial charge in [-0.1, -0.05) is 6.07 Å². The van der Waals surface area contributed by atoms with E-state index in [1.165, 1.54) is 12.1 Å². The van der Waals surface area contributed by atoms with Crippen LogP contribution in [0.3, 0.4) is 0 Å². The van der Waals surface area contributed by atoms with Gasteiger partial charge in [-0.15, -0.1) is 0 Å². The minimum Gasteiger partial charge on any atom is -0.507 e. The summed E-state index contributed by atoms with van der Waals surface area (Å²) in [7, 11) is 0. The molecule has 0 bridgehead atoms. The molecule has 82 valence electrons. The second-order valence-electron chi connectivity index (χ2n) is 3.03. The monoisotopic (exact) mass is 212 g/mol.